The molecule has 0 radical (unpaired) electrons. The first kappa shape index (κ1) is 13.2. The lowest BCUT2D eigenvalue weighted by molar-refractivity contribution is 0.271. The highest BCUT2D eigenvalue weighted by Gasteiger charge is 2.39. The van der Waals surface area contributed by atoms with Gasteiger partial charge < -0.3 is 5.32 Å². The van der Waals surface area contributed by atoms with Gasteiger partial charge in [0, 0.05) is 24.6 Å². The minimum absolute atomic E-state index is 0.244. The van der Waals surface area contributed by atoms with Crippen LogP contribution in [0.15, 0.2) is 42.5 Å². The SMILES string of the molecule is Fc1ccc(C2(Cc3ccc(F)cc3F)CNC2)cc1. The van der Waals surface area contributed by atoms with Crippen molar-refractivity contribution in [3.8, 4) is 0 Å². The van der Waals surface area contributed by atoms with Gasteiger partial charge >= 0.3 is 0 Å². The van der Waals surface area contributed by atoms with Gasteiger partial charge in [-0.1, -0.05) is 18.2 Å². The Morgan fingerprint density at radius 1 is 0.900 bits per heavy atom. The van der Waals surface area contributed by atoms with Crippen LogP contribution in [0.2, 0.25) is 0 Å². The monoisotopic (exact) mass is 277 g/mol. The molecule has 0 saturated carbocycles. The lowest BCUT2D eigenvalue weighted by atomic mass is 9.71. The highest BCUT2D eigenvalue weighted by molar-refractivity contribution is 5.34. The summed E-state index contributed by atoms with van der Waals surface area (Å²) < 4.78 is 39.8. The van der Waals surface area contributed by atoms with Crippen molar-refractivity contribution < 1.29 is 13.2 Å². The van der Waals surface area contributed by atoms with Crippen LogP contribution < -0.4 is 5.32 Å². The molecule has 1 aliphatic rings. The molecule has 0 aromatic heterocycles. The number of hydrogen-bond acceptors (Lipinski definition) is 1. The van der Waals surface area contributed by atoms with Crippen molar-refractivity contribution in [2.45, 2.75) is 11.8 Å². The van der Waals surface area contributed by atoms with Crippen molar-refractivity contribution in [2.75, 3.05) is 13.1 Å². The Balaban J connectivity index is 1.91. The number of halogens is 3. The Hall–Kier alpha value is -1.81. The Morgan fingerprint density at radius 3 is 2.10 bits per heavy atom. The summed E-state index contributed by atoms with van der Waals surface area (Å²) in [7, 11) is 0. The average molecular weight is 277 g/mol. The highest BCUT2D eigenvalue weighted by Crippen LogP contribution is 2.33. The van der Waals surface area contributed by atoms with Gasteiger partial charge in [-0.05, 0) is 35.7 Å². The Labute approximate surface area is 115 Å². The summed E-state index contributed by atoms with van der Waals surface area (Å²) in [6.45, 7) is 1.41. The van der Waals surface area contributed by atoms with Crippen molar-refractivity contribution in [1.82, 2.24) is 5.32 Å². The largest absolute Gasteiger partial charge is 0.315 e. The van der Waals surface area contributed by atoms with Gasteiger partial charge in [-0.15, -0.1) is 0 Å². The van der Waals surface area contributed by atoms with Gasteiger partial charge in [0.25, 0.3) is 0 Å². The van der Waals surface area contributed by atoms with E-state index in [0.717, 1.165) is 11.6 Å². The van der Waals surface area contributed by atoms with E-state index < -0.39 is 11.6 Å². The maximum Gasteiger partial charge on any atom is 0.129 e. The van der Waals surface area contributed by atoms with E-state index in [2.05, 4.69) is 5.32 Å². The fourth-order valence-corrected chi connectivity index (χ4v) is 2.69. The minimum Gasteiger partial charge on any atom is -0.315 e. The molecule has 20 heavy (non-hydrogen) atoms. The molecule has 0 atom stereocenters. The zero-order chi connectivity index (χ0) is 14.2. The smallest absolute Gasteiger partial charge is 0.129 e. The van der Waals surface area contributed by atoms with E-state index >= 15 is 0 Å². The molecular formula is C16H14F3N. The highest BCUT2D eigenvalue weighted by atomic mass is 19.1. The average Bonchev–Trinajstić information content (AvgIpc) is 2.37. The van der Waals surface area contributed by atoms with Crippen LogP contribution in [-0.2, 0) is 11.8 Å². The summed E-state index contributed by atoms with van der Waals surface area (Å²) in [5.41, 5.74) is 1.21. The zero-order valence-electron chi connectivity index (χ0n) is 10.8. The molecule has 0 spiro atoms. The number of nitrogens with one attached hydrogen (secondary N) is 1. The molecule has 1 aliphatic heterocycles. The van der Waals surface area contributed by atoms with Crippen LogP contribution in [0.5, 0.6) is 0 Å². The molecule has 0 unspecified atom stereocenters. The second-order valence-electron chi connectivity index (χ2n) is 5.30. The van der Waals surface area contributed by atoms with Crippen molar-refractivity contribution in [2.24, 2.45) is 0 Å². The number of hydrogen-bond donors (Lipinski definition) is 1. The molecule has 0 bridgehead atoms. The van der Waals surface area contributed by atoms with Crippen molar-refractivity contribution in [3.63, 3.8) is 0 Å². The first-order valence-corrected chi connectivity index (χ1v) is 6.50. The van der Waals surface area contributed by atoms with E-state index in [1.165, 1.54) is 24.3 Å². The lowest BCUT2D eigenvalue weighted by Gasteiger charge is -2.43. The van der Waals surface area contributed by atoms with Gasteiger partial charge in [0.15, 0.2) is 0 Å². The second kappa shape index (κ2) is 4.94. The van der Waals surface area contributed by atoms with E-state index in [4.69, 9.17) is 0 Å². The van der Waals surface area contributed by atoms with Crippen molar-refractivity contribution in [3.05, 3.63) is 71.0 Å². The van der Waals surface area contributed by atoms with Gasteiger partial charge in [0.2, 0.25) is 0 Å². The molecule has 1 saturated heterocycles. The van der Waals surface area contributed by atoms with E-state index in [-0.39, 0.29) is 11.2 Å². The molecule has 1 N–H and O–H groups in total. The Bertz CT molecular complexity index is 618. The molecular weight excluding hydrogens is 263 g/mol. The zero-order valence-corrected chi connectivity index (χ0v) is 10.8. The normalized spacial score (nSPS) is 16.8. The number of rotatable bonds is 3. The summed E-state index contributed by atoms with van der Waals surface area (Å²) in [5.74, 6) is -1.39. The van der Waals surface area contributed by atoms with Gasteiger partial charge in [-0.2, -0.15) is 0 Å². The molecule has 3 rings (SSSR count). The topological polar surface area (TPSA) is 12.0 Å². The second-order valence-corrected chi connectivity index (χ2v) is 5.30. The van der Waals surface area contributed by atoms with Crippen LogP contribution in [0.25, 0.3) is 0 Å². The third-order valence-electron chi connectivity index (χ3n) is 3.93. The summed E-state index contributed by atoms with van der Waals surface area (Å²) >= 11 is 0. The summed E-state index contributed by atoms with van der Waals surface area (Å²) in [6.07, 6.45) is 0.470. The summed E-state index contributed by atoms with van der Waals surface area (Å²) in [4.78, 5) is 0. The predicted molar refractivity (Wildman–Crippen MR) is 71.0 cm³/mol. The summed E-state index contributed by atoms with van der Waals surface area (Å²) in [5, 5.41) is 3.18. The van der Waals surface area contributed by atoms with Crippen LogP contribution in [-0.4, -0.2) is 13.1 Å². The van der Waals surface area contributed by atoms with Crippen LogP contribution in [0.3, 0.4) is 0 Å². The van der Waals surface area contributed by atoms with Crippen molar-refractivity contribution in [1.29, 1.82) is 0 Å². The van der Waals surface area contributed by atoms with Crippen LogP contribution in [0.4, 0.5) is 13.2 Å². The molecule has 4 heteroatoms. The van der Waals surface area contributed by atoms with Crippen molar-refractivity contribution >= 4 is 0 Å². The lowest BCUT2D eigenvalue weighted by Crippen LogP contribution is -2.58. The van der Waals surface area contributed by atoms with Crippen LogP contribution in [0.1, 0.15) is 11.1 Å². The molecule has 2 aromatic rings. The van der Waals surface area contributed by atoms with Gasteiger partial charge in [-0.25, -0.2) is 13.2 Å². The summed E-state index contributed by atoms with van der Waals surface area (Å²) in [6, 6.07) is 9.94. The third-order valence-corrected chi connectivity index (χ3v) is 3.93. The molecule has 1 fully saturated rings. The van der Waals surface area contributed by atoms with E-state index in [9.17, 15) is 13.2 Å². The predicted octanol–water partition coefficient (Wildman–Crippen LogP) is 3.19. The first-order chi connectivity index (χ1) is 9.59. The van der Waals surface area contributed by atoms with E-state index in [1.54, 1.807) is 12.1 Å². The maximum atomic E-state index is 13.8. The first-order valence-electron chi connectivity index (χ1n) is 6.50. The molecule has 1 heterocycles. The number of benzene rings is 2. The quantitative estimate of drug-likeness (QED) is 0.908. The Morgan fingerprint density at radius 2 is 1.55 bits per heavy atom. The molecule has 1 nitrogen and oxygen atoms in total. The molecule has 0 aliphatic carbocycles. The molecule has 104 valence electrons. The minimum atomic E-state index is -0.575. The van der Waals surface area contributed by atoms with E-state index in [1.807, 2.05) is 0 Å². The third kappa shape index (κ3) is 2.31. The van der Waals surface area contributed by atoms with E-state index in [0.29, 0.717) is 25.1 Å². The standard InChI is InChI=1S/C16H14F3N/c17-13-5-2-12(3-6-13)16(9-20-10-16)8-11-1-4-14(18)7-15(11)19/h1-7,20H,8-10H2. The maximum absolute atomic E-state index is 13.8. The van der Waals surface area contributed by atoms with Gasteiger partial charge in [-0.3, -0.25) is 0 Å². The molecule has 2 aromatic carbocycles. The van der Waals surface area contributed by atoms with Gasteiger partial charge in [0.05, 0.1) is 0 Å². The van der Waals surface area contributed by atoms with Gasteiger partial charge in [0.1, 0.15) is 17.5 Å². The van der Waals surface area contributed by atoms with Crippen LogP contribution >= 0.6 is 0 Å². The molecule has 0 amide bonds. The Kier molecular flexibility index (Phi) is 3.26. The fraction of sp³-hybridized carbons (Fsp3) is 0.250. The fourth-order valence-electron chi connectivity index (χ4n) is 2.69. The van der Waals surface area contributed by atoms with Crippen LogP contribution in [0, 0.1) is 17.5 Å².